The van der Waals surface area contributed by atoms with E-state index in [1.54, 1.807) is 19.4 Å². The lowest BCUT2D eigenvalue weighted by Gasteiger charge is -2.12. The van der Waals surface area contributed by atoms with Gasteiger partial charge in [0.1, 0.15) is 5.75 Å². The van der Waals surface area contributed by atoms with E-state index in [4.69, 9.17) is 0 Å². The zero-order valence-corrected chi connectivity index (χ0v) is 11.6. The fourth-order valence-corrected chi connectivity index (χ4v) is 2.18. The molecule has 6 heteroatoms. The van der Waals surface area contributed by atoms with Crippen LogP contribution in [0.1, 0.15) is 23.2 Å². The summed E-state index contributed by atoms with van der Waals surface area (Å²) in [7, 11) is -0.767. The van der Waals surface area contributed by atoms with E-state index in [0.717, 1.165) is 13.0 Å². The highest BCUT2D eigenvalue weighted by Crippen LogP contribution is 2.23. The molecule has 0 saturated carbocycles. The van der Waals surface area contributed by atoms with Gasteiger partial charge in [-0.15, -0.1) is 0 Å². The molecule has 3 N–H and O–H groups in total. The minimum absolute atomic E-state index is 0.133. The zero-order chi connectivity index (χ0) is 13.5. The van der Waals surface area contributed by atoms with Crippen LogP contribution in [0, 0.1) is 6.92 Å². The molecule has 1 rings (SSSR count). The molecule has 0 aliphatic rings. The topological polar surface area (TPSA) is 82.5 Å². The highest BCUT2D eigenvalue weighted by atomic mass is 32.2. The number of aliphatic hydroxyl groups excluding tert-OH is 1. The SMILES string of the molecule is Cc1ncc(CO)c(CNCCCS(C)=O)c1O. The molecule has 1 aromatic heterocycles. The van der Waals surface area contributed by atoms with Crippen LogP contribution in [-0.2, 0) is 24.0 Å². The molecule has 18 heavy (non-hydrogen) atoms. The number of aromatic nitrogens is 1. The van der Waals surface area contributed by atoms with E-state index in [2.05, 4.69) is 10.3 Å². The van der Waals surface area contributed by atoms with Crippen molar-refractivity contribution in [3.63, 3.8) is 0 Å². The summed E-state index contributed by atoms with van der Waals surface area (Å²) in [5.41, 5.74) is 1.87. The summed E-state index contributed by atoms with van der Waals surface area (Å²) >= 11 is 0. The van der Waals surface area contributed by atoms with E-state index in [-0.39, 0.29) is 12.4 Å². The van der Waals surface area contributed by atoms with E-state index < -0.39 is 10.8 Å². The van der Waals surface area contributed by atoms with Gasteiger partial charge in [-0.2, -0.15) is 0 Å². The van der Waals surface area contributed by atoms with Crippen LogP contribution in [0.2, 0.25) is 0 Å². The predicted octanol–water partition coefficient (Wildman–Crippen LogP) is 0.446. The molecule has 0 amide bonds. The molecule has 1 aromatic rings. The first kappa shape index (κ1) is 15.1. The van der Waals surface area contributed by atoms with E-state index in [1.165, 1.54) is 0 Å². The van der Waals surface area contributed by atoms with Crippen LogP contribution in [0.3, 0.4) is 0 Å². The number of aryl methyl sites for hydroxylation is 1. The van der Waals surface area contributed by atoms with Crippen molar-refractivity contribution in [2.75, 3.05) is 18.6 Å². The Hall–Kier alpha value is -0.980. The van der Waals surface area contributed by atoms with Gasteiger partial charge in [0.05, 0.1) is 12.3 Å². The van der Waals surface area contributed by atoms with Crippen LogP contribution in [0.4, 0.5) is 0 Å². The number of hydrogen-bond donors (Lipinski definition) is 3. The zero-order valence-electron chi connectivity index (χ0n) is 10.8. The van der Waals surface area contributed by atoms with Gasteiger partial charge in [-0.1, -0.05) is 0 Å². The maximum Gasteiger partial charge on any atom is 0.141 e. The monoisotopic (exact) mass is 272 g/mol. The minimum Gasteiger partial charge on any atom is -0.506 e. The summed E-state index contributed by atoms with van der Waals surface area (Å²) in [5.74, 6) is 0.800. The van der Waals surface area contributed by atoms with Crippen molar-refractivity contribution in [3.8, 4) is 5.75 Å². The average Bonchev–Trinajstić information content (AvgIpc) is 2.33. The van der Waals surface area contributed by atoms with Crippen molar-refractivity contribution in [2.24, 2.45) is 0 Å². The van der Waals surface area contributed by atoms with Gasteiger partial charge in [0.15, 0.2) is 0 Å². The van der Waals surface area contributed by atoms with Crippen molar-refractivity contribution in [2.45, 2.75) is 26.5 Å². The Balaban J connectivity index is 2.55. The summed E-state index contributed by atoms with van der Waals surface area (Å²) < 4.78 is 10.9. The van der Waals surface area contributed by atoms with Crippen molar-refractivity contribution in [3.05, 3.63) is 23.0 Å². The third-order valence-electron chi connectivity index (χ3n) is 2.69. The lowest BCUT2D eigenvalue weighted by Crippen LogP contribution is -2.18. The molecule has 0 saturated heterocycles. The first-order valence-corrected chi connectivity index (χ1v) is 7.57. The van der Waals surface area contributed by atoms with E-state index >= 15 is 0 Å². The Morgan fingerprint density at radius 3 is 2.83 bits per heavy atom. The summed E-state index contributed by atoms with van der Waals surface area (Å²) in [5, 5.41) is 22.2. The van der Waals surface area contributed by atoms with Crippen LogP contribution in [0.25, 0.3) is 0 Å². The molecule has 0 fully saturated rings. The van der Waals surface area contributed by atoms with Gasteiger partial charge in [-0.3, -0.25) is 9.19 Å². The standard InChI is InChI=1S/C12H20N2O3S/c1-9-12(16)11(10(8-15)6-14-9)7-13-4-3-5-18(2)17/h6,13,15-16H,3-5,7-8H2,1-2H3. The number of aliphatic hydroxyl groups is 1. The Morgan fingerprint density at radius 2 is 2.22 bits per heavy atom. The van der Waals surface area contributed by atoms with Gasteiger partial charge < -0.3 is 15.5 Å². The second-order valence-electron chi connectivity index (χ2n) is 4.16. The molecule has 0 spiro atoms. The largest absolute Gasteiger partial charge is 0.506 e. The molecule has 1 atom stereocenters. The number of aromatic hydroxyl groups is 1. The Labute approximate surface area is 110 Å². The van der Waals surface area contributed by atoms with Gasteiger partial charge in [0.2, 0.25) is 0 Å². The summed E-state index contributed by atoms with van der Waals surface area (Å²) in [6.45, 7) is 2.78. The second-order valence-corrected chi connectivity index (χ2v) is 5.72. The minimum atomic E-state index is -0.767. The highest BCUT2D eigenvalue weighted by molar-refractivity contribution is 7.84. The van der Waals surface area contributed by atoms with Crippen LogP contribution < -0.4 is 5.32 Å². The quantitative estimate of drug-likeness (QED) is 0.628. The molecule has 5 nitrogen and oxygen atoms in total. The maximum atomic E-state index is 10.9. The normalized spacial score (nSPS) is 12.6. The molecule has 0 bridgehead atoms. The lowest BCUT2D eigenvalue weighted by atomic mass is 10.1. The van der Waals surface area contributed by atoms with Crippen molar-refractivity contribution >= 4 is 10.8 Å². The molecule has 1 heterocycles. The first-order chi connectivity index (χ1) is 8.56. The first-order valence-electron chi connectivity index (χ1n) is 5.84. The second kappa shape index (κ2) is 7.45. The van der Waals surface area contributed by atoms with E-state index in [0.29, 0.717) is 29.1 Å². The van der Waals surface area contributed by atoms with Crippen molar-refractivity contribution in [1.82, 2.24) is 10.3 Å². The van der Waals surface area contributed by atoms with Crippen molar-refractivity contribution < 1.29 is 14.4 Å². The third-order valence-corrected chi connectivity index (χ3v) is 3.55. The maximum absolute atomic E-state index is 10.9. The average molecular weight is 272 g/mol. The van der Waals surface area contributed by atoms with Gasteiger partial charge in [-0.05, 0) is 19.9 Å². The van der Waals surface area contributed by atoms with Crippen LogP contribution in [0.5, 0.6) is 5.75 Å². The third kappa shape index (κ3) is 4.36. The Morgan fingerprint density at radius 1 is 1.50 bits per heavy atom. The molecule has 102 valence electrons. The fraction of sp³-hybridized carbons (Fsp3) is 0.583. The van der Waals surface area contributed by atoms with Gasteiger partial charge in [0, 0.05) is 46.7 Å². The summed E-state index contributed by atoms with van der Waals surface area (Å²) in [6.07, 6.45) is 4.08. The van der Waals surface area contributed by atoms with Gasteiger partial charge >= 0.3 is 0 Å². The number of hydrogen-bond acceptors (Lipinski definition) is 5. The van der Waals surface area contributed by atoms with Crippen LogP contribution >= 0.6 is 0 Å². The van der Waals surface area contributed by atoms with E-state index in [9.17, 15) is 14.4 Å². The Bertz CT molecular complexity index is 424. The fourth-order valence-electron chi connectivity index (χ4n) is 1.63. The number of rotatable bonds is 7. The van der Waals surface area contributed by atoms with E-state index in [1.807, 2.05) is 0 Å². The van der Waals surface area contributed by atoms with Crippen molar-refractivity contribution in [1.29, 1.82) is 0 Å². The predicted molar refractivity (Wildman–Crippen MR) is 71.8 cm³/mol. The molecule has 1 unspecified atom stereocenters. The molecule has 0 aromatic carbocycles. The van der Waals surface area contributed by atoms with Gasteiger partial charge in [0.25, 0.3) is 0 Å². The molecule has 0 aliphatic heterocycles. The molecular formula is C12H20N2O3S. The lowest BCUT2D eigenvalue weighted by molar-refractivity contribution is 0.278. The number of pyridine rings is 1. The molecular weight excluding hydrogens is 252 g/mol. The Kier molecular flexibility index (Phi) is 6.24. The smallest absolute Gasteiger partial charge is 0.141 e. The summed E-state index contributed by atoms with van der Waals surface area (Å²) in [6, 6.07) is 0. The summed E-state index contributed by atoms with van der Waals surface area (Å²) in [4.78, 5) is 4.00. The van der Waals surface area contributed by atoms with Crippen LogP contribution in [-0.4, -0.2) is 38.0 Å². The van der Waals surface area contributed by atoms with Crippen LogP contribution in [0.15, 0.2) is 6.20 Å². The highest BCUT2D eigenvalue weighted by Gasteiger charge is 2.10. The number of nitrogens with zero attached hydrogens (tertiary/aromatic N) is 1. The molecule has 0 radical (unpaired) electrons. The number of nitrogens with one attached hydrogen (secondary N) is 1. The molecule has 0 aliphatic carbocycles. The van der Waals surface area contributed by atoms with Gasteiger partial charge in [-0.25, -0.2) is 0 Å².